The van der Waals surface area contributed by atoms with Crippen molar-refractivity contribution in [3.8, 4) is 6.07 Å². The van der Waals surface area contributed by atoms with Crippen LogP contribution in [0, 0.1) is 17.2 Å². The number of nitriles is 1. The van der Waals surface area contributed by atoms with Crippen LogP contribution in [0.4, 0.5) is 11.4 Å². The number of anilines is 2. The van der Waals surface area contributed by atoms with Crippen molar-refractivity contribution in [1.82, 2.24) is 15.2 Å². The summed E-state index contributed by atoms with van der Waals surface area (Å²) in [5, 5.41) is 24.3. The highest BCUT2D eigenvalue weighted by Crippen LogP contribution is 2.32. The van der Waals surface area contributed by atoms with Crippen molar-refractivity contribution in [2.75, 3.05) is 36.4 Å². The van der Waals surface area contributed by atoms with E-state index in [1.54, 1.807) is 65.7 Å². The van der Waals surface area contributed by atoms with Crippen molar-refractivity contribution in [1.29, 1.82) is 5.26 Å². The maximum atomic E-state index is 13.3. The van der Waals surface area contributed by atoms with Crippen molar-refractivity contribution < 1.29 is 24.3 Å². The summed E-state index contributed by atoms with van der Waals surface area (Å²) in [6.45, 7) is 1.95. The molecule has 2 aliphatic rings. The number of hydrogen-bond donors (Lipinski definition) is 3. The average molecular weight is 581 g/mol. The molecule has 11 heteroatoms. The summed E-state index contributed by atoms with van der Waals surface area (Å²) in [7, 11) is 0. The molecule has 2 fully saturated rings. The molecule has 5 rings (SSSR count). The number of hydrogen-bond acceptors (Lipinski definition) is 7. The van der Waals surface area contributed by atoms with Crippen LogP contribution in [0.1, 0.15) is 63.6 Å². The van der Waals surface area contributed by atoms with Gasteiger partial charge < -0.3 is 25.5 Å². The summed E-state index contributed by atoms with van der Waals surface area (Å²) in [5.41, 5.74) is 3.09. The Bertz CT molecular complexity index is 1540. The molecule has 3 amide bonds. The standard InChI is InChI=1S/C32H32N6O5/c33-19-21-6-8-23(9-7-21)32(43)38-15-13-37(14-16-38)28-11-10-24(17-27(28)36-30(41)22-3-1-4-22)31(42)35-26(18-29(39)40)25-5-2-12-34-20-25/h2,5-12,17,20,22,26H,1,3-4,13-16,18H2,(H,35,42)(H,36,41)(H,39,40). The van der Waals surface area contributed by atoms with E-state index in [0.717, 1.165) is 24.9 Å². The fraction of sp³-hybridized carbons (Fsp3) is 0.312. The van der Waals surface area contributed by atoms with Crippen molar-refractivity contribution in [2.24, 2.45) is 5.92 Å². The Kier molecular flexibility index (Phi) is 8.96. The number of rotatable bonds is 9. The molecule has 43 heavy (non-hydrogen) atoms. The lowest BCUT2D eigenvalue weighted by molar-refractivity contribution is -0.137. The quantitative estimate of drug-likeness (QED) is 0.347. The summed E-state index contributed by atoms with van der Waals surface area (Å²) < 4.78 is 0. The third kappa shape index (κ3) is 6.98. The van der Waals surface area contributed by atoms with Gasteiger partial charge in [0, 0.05) is 55.6 Å². The second-order valence-electron chi connectivity index (χ2n) is 10.7. The summed E-state index contributed by atoms with van der Waals surface area (Å²) >= 11 is 0. The van der Waals surface area contributed by atoms with Gasteiger partial charge in [-0.25, -0.2) is 0 Å². The van der Waals surface area contributed by atoms with E-state index in [9.17, 15) is 24.3 Å². The number of carboxylic acids is 1. The number of benzene rings is 2. The predicted octanol–water partition coefficient (Wildman–Crippen LogP) is 3.60. The van der Waals surface area contributed by atoms with Crippen molar-refractivity contribution in [2.45, 2.75) is 31.7 Å². The monoisotopic (exact) mass is 580 g/mol. The van der Waals surface area contributed by atoms with Crippen LogP contribution in [-0.2, 0) is 9.59 Å². The Morgan fingerprint density at radius 1 is 1.00 bits per heavy atom. The number of nitrogens with zero attached hydrogens (tertiary/aromatic N) is 4. The molecule has 3 N–H and O–H groups in total. The van der Waals surface area contributed by atoms with Crippen LogP contribution >= 0.6 is 0 Å². The highest BCUT2D eigenvalue weighted by molar-refractivity contribution is 6.01. The van der Waals surface area contributed by atoms with Gasteiger partial charge in [-0.1, -0.05) is 12.5 Å². The topological polar surface area (TPSA) is 156 Å². The minimum atomic E-state index is -1.06. The summed E-state index contributed by atoms with van der Waals surface area (Å²) in [4.78, 5) is 58.7. The molecular weight excluding hydrogens is 548 g/mol. The number of pyridine rings is 1. The fourth-order valence-electron chi connectivity index (χ4n) is 5.23. The Labute approximate surface area is 249 Å². The average Bonchev–Trinajstić information content (AvgIpc) is 3.00. The molecule has 1 saturated heterocycles. The van der Waals surface area contributed by atoms with Gasteiger partial charge in [-0.2, -0.15) is 5.26 Å². The van der Waals surface area contributed by atoms with Crippen LogP contribution in [0.5, 0.6) is 0 Å². The first-order chi connectivity index (χ1) is 20.8. The lowest BCUT2D eigenvalue weighted by Gasteiger charge is -2.37. The van der Waals surface area contributed by atoms with Crippen LogP contribution in [0.2, 0.25) is 0 Å². The minimum absolute atomic E-state index is 0.0715. The Morgan fingerprint density at radius 3 is 2.33 bits per heavy atom. The van der Waals surface area contributed by atoms with Gasteiger partial charge in [0.1, 0.15) is 0 Å². The normalized spacial score (nSPS) is 15.5. The van der Waals surface area contributed by atoms with Crippen LogP contribution in [0.15, 0.2) is 67.0 Å². The lowest BCUT2D eigenvalue weighted by atomic mass is 9.85. The molecule has 1 aromatic heterocycles. The van der Waals surface area contributed by atoms with Gasteiger partial charge in [0.2, 0.25) is 5.91 Å². The molecule has 1 saturated carbocycles. The SMILES string of the molecule is N#Cc1ccc(C(=O)N2CCN(c3ccc(C(=O)NC(CC(=O)O)c4cccnc4)cc3NC(=O)C3CCC3)CC2)cc1. The predicted molar refractivity (Wildman–Crippen MR) is 158 cm³/mol. The van der Waals surface area contributed by atoms with Gasteiger partial charge in [-0.3, -0.25) is 24.2 Å². The zero-order valence-electron chi connectivity index (χ0n) is 23.5. The van der Waals surface area contributed by atoms with Gasteiger partial charge >= 0.3 is 5.97 Å². The Balaban J connectivity index is 1.33. The molecular formula is C32H32N6O5. The summed E-state index contributed by atoms with van der Waals surface area (Å²) in [6, 6.07) is 16.3. The van der Waals surface area contributed by atoms with E-state index in [1.807, 2.05) is 0 Å². The second-order valence-corrected chi connectivity index (χ2v) is 10.7. The summed E-state index contributed by atoms with van der Waals surface area (Å²) in [6.07, 6.45) is 5.42. The number of aliphatic carboxylic acids is 1. The molecule has 3 aromatic rings. The van der Waals surface area contributed by atoms with Crippen LogP contribution in [-0.4, -0.2) is 64.9 Å². The highest BCUT2D eigenvalue weighted by Gasteiger charge is 2.29. The van der Waals surface area contributed by atoms with Crippen LogP contribution in [0.25, 0.3) is 0 Å². The van der Waals surface area contributed by atoms with E-state index in [0.29, 0.717) is 48.6 Å². The second kappa shape index (κ2) is 13.2. The molecule has 1 aliphatic carbocycles. The molecule has 0 radical (unpaired) electrons. The zero-order valence-corrected chi connectivity index (χ0v) is 23.5. The van der Waals surface area contributed by atoms with Crippen molar-refractivity contribution in [3.05, 3.63) is 89.2 Å². The number of aromatic nitrogens is 1. The van der Waals surface area contributed by atoms with E-state index in [2.05, 4.69) is 26.6 Å². The molecule has 0 spiro atoms. The number of carbonyl (C=O) groups excluding carboxylic acids is 3. The van der Waals surface area contributed by atoms with Gasteiger partial charge in [-0.15, -0.1) is 0 Å². The van der Waals surface area contributed by atoms with Gasteiger partial charge in [0.25, 0.3) is 11.8 Å². The number of nitrogens with one attached hydrogen (secondary N) is 2. The summed E-state index contributed by atoms with van der Waals surface area (Å²) in [5.74, 6) is -1.82. The third-order valence-electron chi connectivity index (χ3n) is 7.93. The maximum absolute atomic E-state index is 13.3. The third-order valence-corrected chi connectivity index (χ3v) is 7.93. The Hall–Kier alpha value is -5.24. The maximum Gasteiger partial charge on any atom is 0.305 e. The zero-order chi connectivity index (χ0) is 30.3. The molecule has 1 atom stereocenters. The molecule has 2 aromatic carbocycles. The molecule has 2 heterocycles. The van der Waals surface area contributed by atoms with E-state index in [1.165, 1.54) is 6.20 Å². The van der Waals surface area contributed by atoms with E-state index >= 15 is 0 Å². The van der Waals surface area contributed by atoms with Gasteiger partial charge in [-0.05, 0) is 66.9 Å². The van der Waals surface area contributed by atoms with Gasteiger partial charge in [0.05, 0.1) is 35.5 Å². The van der Waals surface area contributed by atoms with Crippen molar-refractivity contribution >= 4 is 35.1 Å². The van der Waals surface area contributed by atoms with E-state index < -0.39 is 17.9 Å². The minimum Gasteiger partial charge on any atom is -0.481 e. The molecule has 1 unspecified atom stereocenters. The molecule has 0 bridgehead atoms. The molecule has 11 nitrogen and oxygen atoms in total. The fourth-order valence-corrected chi connectivity index (χ4v) is 5.23. The lowest BCUT2D eigenvalue weighted by Crippen LogP contribution is -2.49. The Morgan fingerprint density at radius 2 is 1.72 bits per heavy atom. The van der Waals surface area contributed by atoms with Crippen molar-refractivity contribution in [3.63, 3.8) is 0 Å². The smallest absolute Gasteiger partial charge is 0.305 e. The first-order valence-corrected chi connectivity index (χ1v) is 14.2. The molecule has 220 valence electrons. The first-order valence-electron chi connectivity index (χ1n) is 14.2. The number of carboxylic acid groups (broad SMARTS) is 1. The van der Waals surface area contributed by atoms with Crippen LogP contribution < -0.4 is 15.5 Å². The number of amides is 3. The number of carbonyl (C=O) groups is 4. The van der Waals surface area contributed by atoms with E-state index in [4.69, 9.17) is 5.26 Å². The first kappa shape index (κ1) is 29.3. The molecule has 1 aliphatic heterocycles. The van der Waals surface area contributed by atoms with Gasteiger partial charge in [0.15, 0.2) is 0 Å². The largest absolute Gasteiger partial charge is 0.481 e. The highest BCUT2D eigenvalue weighted by atomic mass is 16.4. The van der Waals surface area contributed by atoms with E-state index in [-0.39, 0.29) is 29.7 Å². The number of piperazine rings is 1. The van der Waals surface area contributed by atoms with Crippen LogP contribution in [0.3, 0.4) is 0 Å².